The Morgan fingerprint density at radius 1 is 1.33 bits per heavy atom. The minimum Gasteiger partial charge on any atom is -0.471 e. The molecule has 0 saturated heterocycles. The number of ether oxygens (including phenoxy) is 1. The first-order valence-corrected chi connectivity index (χ1v) is 7.69. The van der Waals surface area contributed by atoms with Crippen LogP contribution >= 0.6 is 11.3 Å². The van der Waals surface area contributed by atoms with Crippen LogP contribution in [0.5, 0.6) is 5.88 Å². The Labute approximate surface area is 127 Å². The zero-order valence-corrected chi connectivity index (χ0v) is 12.8. The lowest BCUT2D eigenvalue weighted by atomic mass is 10.0. The molecule has 21 heavy (non-hydrogen) atoms. The van der Waals surface area contributed by atoms with E-state index in [2.05, 4.69) is 31.0 Å². The molecule has 108 valence electrons. The highest BCUT2D eigenvalue weighted by atomic mass is 32.1. The highest BCUT2D eigenvalue weighted by molar-refractivity contribution is 7.15. The van der Waals surface area contributed by atoms with E-state index in [0.29, 0.717) is 24.1 Å². The van der Waals surface area contributed by atoms with E-state index in [1.807, 2.05) is 23.7 Å². The second-order valence-corrected chi connectivity index (χ2v) is 6.03. The fraction of sp³-hybridized carbons (Fsp3) is 0.250. The van der Waals surface area contributed by atoms with Crippen molar-refractivity contribution in [3.63, 3.8) is 0 Å². The summed E-state index contributed by atoms with van der Waals surface area (Å²) in [6.45, 7) is 4.74. The lowest BCUT2D eigenvalue weighted by Crippen LogP contribution is -1.99. The summed E-state index contributed by atoms with van der Waals surface area (Å²) in [4.78, 5) is 16.3. The fourth-order valence-corrected chi connectivity index (χ4v) is 2.86. The predicted molar refractivity (Wildman–Crippen MR) is 83.3 cm³/mol. The van der Waals surface area contributed by atoms with Crippen LogP contribution in [-0.2, 0) is 6.61 Å². The molecule has 1 aromatic carbocycles. The van der Waals surface area contributed by atoms with Crippen molar-refractivity contribution in [2.24, 2.45) is 0 Å². The molecular formula is C16H16N2O2S. The van der Waals surface area contributed by atoms with Crippen LogP contribution in [-0.4, -0.2) is 15.7 Å². The third-order valence-corrected chi connectivity index (χ3v) is 4.16. The van der Waals surface area contributed by atoms with Crippen molar-refractivity contribution in [1.29, 1.82) is 0 Å². The minimum absolute atomic E-state index is 0.393. The Kier molecular flexibility index (Phi) is 3.75. The van der Waals surface area contributed by atoms with Gasteiger partial charge in [0.05, 0.1) is 0 Å². The first kappa shape index (κ1) is 13.8. The molecule has 0 atom stereocenters. The Morgan fingerprint density at radius 2 is 2.10 bits per heavy atom. The van der Waals surface area contributed by atoms with Gasteiger partial charge in [0, 0.05) is 11.6 Å². The van der Waals surface area contributed by atoms with Crippen molar-refractivity contribution in [3.8, 4) is 5.88 Å². The van der Waals surface area contributed by atoms with Crippen LogP contribution in [0.1, 0.15) is 41.4 Å². The van der Waals surface area contributed by atoms with Crippen LogP contribution in [0.3, 0.4) is 0 Å². The second kappa shape index (κ2) is 5.69. The van der Waals surface area contributed by atoms with Crippen LogP contribution < -0.4 is 4.74 Å². The third kappa shape index (κ3) is 2.69. The Balaban J connectivity index is 1.76. The number of rotatable bonds is 5. The van der Waals surface area contributed by atoms with Crippen molar-refractivity contribution in [3.05, 3.63) is 52.7 Å². The van der Waals surface area contributed by atoms with Gasteiger partial charge in [-0.3, -0.25) is 9.20 Å². The van der Waals surface area contributed by atoms with Crippen molar-refractivity contribution in [2.75, 3.05) is 0 Å². The first-order valence-electron chi connectivity index (χ1n) is 6.81. The van der Waals surface area contributed by atoms with Gasteiger partial charge in [0.2, 0.25) is 5.88 Å². The molecule has 0 bridgehead atoms. The number of imidazole rings is 1. The van der Waals surface area contributed by atoms with E-state index in [1.54, 1.807) is 4.40 Å². The van der Waals surface area contributed by atoms with Gasteiger partial charge in [0.15, 0.2) is 16.9 Å². The molecule has 0 radical (unpaired) electrons. The quantitative estimate of drug-likeness (QED) is 0.671. The number of hydrogen-bond acceptors (Lipinski definition) is 4. The smallest absolute Gasteiger partial charge is 0.244 e. The molecule has 4 nitrogen and oxygen atoms in total. The molecule has 2 heterocycles. The van der Waals surface area contributed by atoms with E-state index in [4.69, 9.17) is 4.74 Å². The summed E-state index contributed by atoms with van der Waals surface area (Å²) in [6.07, 6.45) is 2.60. The number of benzene rings is 1. The second-order valence-electron chi connectivity index (χ2n) is 5.16. The van der Waals surface area contributed by atoms with Crippen LogP contribution in [0.15, 0.2) is 35.8 Å². The van der Waals surface area contributed by atoms with E-state index in [0.717, 1.165) is 16.8 Å². The first-order chi connectivity index (χ1) is 10.2. The summed E-state index contributed by atoms with van der Waals surface area (Å²) in [5.74, 6) is 0.909. The average molecular weight is 300 g/mol. The van der Waals surface area contributed by atoms with Gasteiger partial charge in [-0.2, -0.15) is 4.98 Å². The molecule has 0 N–H and O–H groups in total. The minimum atomic E-state index is 0.393. The van der Waals surface area contributed by atoms with Crippen LogP contribution in [0.2, 0.25) is 0 Å². The predicted octanol–water partition coefficient (Wildman–Crippen LogP) is 3.91. The zero-order valence-electron chi connectivity index (χ0n) is 11.9. The van der Waals surface area contributed by atoms with Gasteiger partial charge < -0.3 is 4.74 Å². The van der Waals surface area contributed by atoms with Gasteiger partial charge in [0.1, 0.15) is 6.61 Å². The molecule has 0 amide bonds. The maximum atomic E-state index is 11.2. The average Bonchev–Trinajstić information content (AvgIpc) is 3.05. The van der Waals surface area contributed by atoms with E-state index < -0.39 is 0 Å². The Morgan fingerprint density at radius 3 is 2.76 bits per heavy atom. The number of aldehydes is 1. The topological polar surface area (TPSA) is 43.6 Å². The van der Waals surface area contributed by atoms with Gasteiger partial charge >= 0.3 is 0 Å². The Bertz CT molecular complexity index is 756. The molecule has 0 spiro atoms. The lowest BCUT2D eigenvalue weighted by Gasteiger charge is -2.07. The summed E-state index contributed by atoms with van der Waals surface area (Å²) in [7, 11) is 0. The van der Waals surface area contributed by atoms with E-state index in [-0.39, 0.29) is 0 Å². The van der Waals surface area contributed by atoms with Crippen LogP contribution in [0.25, 0.3) is 4.96 Å². The summed E-state index contributed by atoms with van der Waals surface area (Å²) >= 11 is 1.48. The number of hydrogen-bond donors (Lipinski definition) is 0. The summed E-state index contributed by atoms with van der Waals surface area (Å²) < 4.78 is 7.45. The monoisotopic (exact) mass is 300 g/mol. The maximum Gasteiger partial charge on any atom is 0.244 e. The molecule has 0 unspecified atom stereocenters. The molecule has 5 heteroatoms. The molecule has 0 aliphatic heterocycles. The molecule has 0 fully saturated rings. The van der Waals surface area contributed by atoms with Crippen molar-refractivity contribution >= 4 is 22.6 Å². The number of aromatic nitrogens is 2. The summed E-state index contributed by atoms with van der Waals surface area (Å²) in [5.41, 5.74) is 2.83. The van der Waals surface area contributed by atoms with Gasteiger partial charge in [-0.05, 0) is 17.0 Å². The third-order valence-electron chi connectivity index (χ3n) is 3.40. The largest absolute Gasteiger partial charge is 0.471 e. The van der Waals surface area contributed by atoms with Gasteiger partial charge in [-0.15, -0.1) is 11.3 Å². The summed E-state index contributed by atoms with van der Waals surface area (Å²) in [6, 6.07) is 8.31. The van der Waals surface area contributed by atoms with E-state index >= 15 is 0 Å². The SMILES string of the molecule is CC(C)c1ccc(COc2nc3sccn3c2C=O)cc1. The molecule has 2 aromatic heterocycles. The maximum absolute atomic E-state index is 11.2. The number of carbonyl (C=O) groups excluding carboxylic acids is 1. The van der Waals surface area contributed by atoms with E-state index in [1.165, 1.54) is 16.9 Å². The van der Waals surface area contributed by atoms with Crippen molar-refractivity contribution in [1.82, 2.24) is 9.38 Å². The number of fused-ring (bicyclic) bond motifs is 1. The van der Waals surface area contributed by atoms with Gasteiger partial charge in [-0.1, -0.05) is 38.1 Å². The van der Waals surface area contributed by atoms with Crippen LogP contribution in [0, 0.1) is 0 Å². The van der Waals surface area contributed by atoms with Crippen molar-refractivity contribution < 1.29 is 9.53 Å². The molecule has 0 aliphatic rings. The number of thiazole rings is 1. The molecule has 3 rings (SSSR count). The fourth-order valence-electron chi connectivity index (χ4n) is 2.15. The zero-order chi connectivity index (χ0) is 14.8. The highest BCUT2D eigenvalue weighted by Crippen LogP contribution is 2.23. The molecule has 0 aliphatic carbocycles. The van der Waals surface area contributed by atoms with Crippen molar-refractivity contribution in [2.45, 2.75) is 26.4 Å². The highest BCUT2D eigenvalue weighted by Gasteiger charge is 2.13. The molecule has 3 aromatic rings. The number of carbonyl (C=O) groups is 1. The number of nitrogens with zero attached hydrogens (tertiary/aromatic N) is 2. The normalized spacial score (nSPS) is 11.2. The molecular weight excluding hydrogens is 284 g/mol. The molecule has 0 saturated carbocycles. The van der Waals surface area contributed by atoms with Gasteiger partial charge in [-0.25, -0.2) is 0 Å². The standard InChI is InChI=1S/C16H16N2O2S/c1-11(2)13-5-3-12(4-6-13)10-20-15-14(9-19)18-7-8-21-16(18)17-15/h3-9,11H,10H2,1-2H3. The van der Waals surface area contributed by atoms with Gasteiger partial charge in [0.25, 0.3) is 0 Å². The Hall–Kier alpha value is -2.14. The summed E-state index contributed by atoms with van der Waals surface area (Å²) in [5, 5.41) is 1.89. The lowest BCUT2D eigenvalue weighted by molar-refractivity contribution is 0.111. The van der Waals surface area contributed by atoms with Crippen LogP contribution in [0.4, 0.5) is 0 Å². The van der Waals surface area contributed by atoms with E-state index in [9.17, 15) is 4.79 Å².